The maximum Gasteiger partial charge on any atom is 0.320 e. The number of carboxylic acids is 1. The predicted molar refractivity (Wildman–Crippen MR) is 121 cm³/mol. The first kappa shape index (κ1) is 21.5. The molecule has 0 aliphatic carbocycles. The summed E-state index contributed by atoms with van der Waals surface area (Å²) < 4.78 is 5.60. The van der Waals surface area contributed by atoms with Gasteiger partial charge < -0.3 is 25.0 Å². The Labute approximate surface area is 192 Å². The number of carbonyl (C=O) groups excluding carboxylic acids is 1. The van der Waals surface area contributed by atoms with Crippen LogP contribution in [-0.2, 0) is 24.1 Å². The number of aryl methyl sites for hydroxylation is 2. The van der Waals surface area contributed by atoms with Crippen LogP contribution in [0.25, 0.3) is 0 Å². The van der Waals surface area contributed by atoms with Crippen LogP contribution in [0.3, 0.4) is 0 Å². The van der Waals surface area contributed by atoms with E-state index in [1.165, 1.54) is 5.56 Å². The Balaban J connectivity index is 1.22. The van der Waals surface area contributed by atoms with Gasteiger partial charge in [-0.05, 0) is 48.9 Å². The van der Waals surface area contributed by atoms with Crippen molar-refractivity contribution >= 4 is 17.8 Å². The van der Waals surface area contributed by atoms with Crippen LogP contribution in [0.1, 0.15) is 47.8 Å². The van der Waals surface area contributed by atoms with Crippen molar-refractivity contribution in [2.24, 2.45) is 0 Å². The second-order valence-electron chi connectivity index (χ2n) is 8.83. The van der Waals surface area contributed by atoms with E-state index in [-0.39, 0.29) is 12.5 Å². The smallest absolute Gasteiger partial charge is 0.320 e. The summed E-state index contributed by atoms with van der Waals surface area (Å²) in [6, 6.07) is 5.39. The molecule has 0 bridgehead atoms. The normalized spacial score (nSPS) is 17.9. The molecule has 0 saturated carbocycles. The molecule has 3 aliphatic rings. The average Bonchev–Trinajstić information content (AvgIpc) is 3.43. The molecule has 5 heterocycles. The Kier molecular flexibility index (Phi) is 6.02. The molecule has 2 N–H and O–H groups in total. The van der Waals surface area contributed by atoms with E-state index < -0.39 is 12.0 Å². The minimum atomic E-state index is -0.945. The molecule has 0 radical (unpaired) electrons. The number of urea groups is 1. The molecular formula is C24H29N5O4. The maximum absolute atomic E-state index is 13.2. The van der Waals surface area contributed by atoms with Gasteiger partial charge in [0.1, 0.15) is 11.6 Å². The highest BCUT2D eigenvalue weighted by Gasteiger charge is 2.36. The molecular weight excluding hydrogens is 422 g/mol. The van der Waals surface area contributed by atoms with Crippen molar-refractivity contribution in [1.29, 1.82) is 0 Å². The van der Waals surface area contributed by atoms with Crippen LogP contribution >= 0.6 is 0 Å². The Morgan fingerprint density at radius 1 is 1.27 bits per heavy atom. The standard InChI is InChI=1S/C24H29N5O4/c30-22(31)14-20(17-13-21-19(26-15-17)7-12-33-21)29-11-10-28(24(29)32)9-2-4-18-6-5-16-3-1-8-25-23(16)27-18/h5-6,13,15,20H,1-4,7-12,14H2,(H,25,27)(H,30,31)/t20-/m0/s1. The van der Waals surface area contributed by atoms with Gasteiger partial charge in [0.05, 0.1) is 24.8 Å². The zero-order valence-corrected chi connectivity index (χ0v) is 18.6. The van der Waals surface area contributed by atoms with Crippen LogP contribution < -0.4 is 10.1 Å². The molecule has 0 unspecified atom stereocenters. The molecule has 2 aromatic heterocycles. The van der Waals surface area contributed by atoms with Gasteiger partial charge in [0, 0.05) is 44.5 Å². The van der Waals surface area contributed by atoms with Gasteiger partial charge in [-0.3, -0.25) is 9.78 Å². The zero-order valence-electron chi connectivity index (χ0n) is 18.6. The molecule has 3 aliphatic heterocycles. The molecule has 5 rings (SSSR count). The zero-order chi connectivity index (χ0) is 22.8. The fourth-order valence-electron chi connectivity index (χ4n) is 4.87. The summed E-state index contributed by atoms with van der Waals surface area (Å²) in [5, 5.41) is 12.8. The lowest BCUT2D eigenvalue weighted by molar-refractivity contribution is -0.138. The van der Waals surface area contributed by atoms with Gasteiger partial charge in [0.25, 0.3) is 0 Å². The van der Waals surface area contributed by atoms with Crippen molar-refractivity contribution in [3.8, 4) is 5.75 Å². The van der Waals surface area contributed by atoms with E-state index in [2.05, 4.69) is 22.4 Å². The van der Waals surface area contributed by atoms with Crippen LogP contribution in [0.15, 0.2) is 24.4 Å². The molecule has 1 atom stereocenters. The van der Waals surface area contributed by atoms with Crippen molar-refractivity contribution in [2.75, 3.05) is 38.1 Å². The molecule has 1 fully saturated rings. The van der Waals surface area contributed by atoms with Crippen molar-refractivity contribution in [3.63, 3.8) is 0 Å². The lowest BCUT2D eigenvalue weighted by Gasteiger charge is -2.27. The summed E-state index contributed by atoms with van der Waals surface area (Å²) in [6.07, 6.45) is 6.09. The number of ether oxygens (including phenoxy) is 1. The van der Waals surface area contributed by atoms with Crippen LogP contribution in [0.4, 0.5) is 10.6 Å². The molecule has 0 spiro atoms. The van der Waals surface area contributed by atoms with E-state index in [9.17, 15) is 14.7 Å². The third kappa shape index (κ3) is 4.58. The number of hydrogen-bond donors (Lipinski definition) is 2. The summed E-state index contributed by atoms with van der Waals surface area (Å²) in [4.78, 5) is 37.4. The largest absolute Gasteiger partial charge is 0.491 e. The van der Waals surface area contributed by atoms with E-state index >= 15 is 0 Å². The van der Waals surface area contributed by atoms with Crippen LogP contribution in [0, 0.1) is 0 Å². The molecule has 0 aromatic carbocycles. The number of nitrogens with one attached hydrogen (secondary N) is 1. The lowest BCUT2D eigenvalue weighted by atomic mass is 10.0. The summed E-state index contributed by atoms with van der Waals surface area (Å²) in [5.41, 5.74) is 3.89. The number of fused-ring (bicyclic) bond motifs is 2. The molecule has 33 heavy (non-hydrogen) atoms. The van der Waals surface area contributed by atoms with E-state index in [0.29, 0.717) is 37.6 Å². The minimum Gasteiger partial charge on any atom is -0.491 e. The number of carboxylic acid groups (broad SMARTS) is 1. The number of amides is 2. The lowest BCUT2D eigenvalue weighted by Crippen LogP contribution is -2.36. The molecule has 2 amide bonds. The van der Waals surface area contributed by atoms with E-state index in [1.54, 1.807) is 11.1 Å². The SMILES string of the molecule is O=C(O)C[C@@H](c1cnc2c(c1)OCC2)N1CCN(CCCc2ccc3c(n2)NCCC3)C1=O. The Hall–Kier alpha value is -3.36. The molecule has 1 saturated heterocycles. The van der Waals surface area contributed by atoms with Gasteiger partial charge in [0.2, 0.25) is 0 Å². The summed E-state index contributed by atoms with van der Waals surface area (Å²) >= 11 is 0. The first-order chi connectivity index (χ1) is 16.1. The Morgan fingerprint density at radius 3 is 3.06 bits per heavy atom. The van der Waals surface area contributed by atoms with E-state index in [0.717, 1.165) is 55.9 Å². The van der Waals surface area contributed by atoms with Crippen molar-refractivity contribution in [2.45, 2.75) is 44.6 Å². The fourth-order valence-corrected chi connectivity index (χ4v) is 4.87. The summed E-state index contributed by atoms with van der Waals surface area (Å²) in [7, 11) is 0. The average molecular weight is 452 g/mol. The van der Waals surface area contributed by atoms with Gasteiger partial charge in [-0.2, -0.15) is 0 Å². The maximum atomic E-state index is 13.2. The highest BCUT2D eigenvalue weighted by Crippen LogP contribution is 2.33. The monoisotopic (exact) mass is 451 g/mol. The van der Waals surface area contributed by atoms with Crippen molar-refractivity contribution < 1.29 is 19.4 Å². The van der Waals surface area contributed by atoms with Gasteiger partial charge in [0.15, 0.2) is 0 Å². The topological polar surface area (TPSA) is 108 Å². The van der Waals surface area contributed by atoms with E-state index in [4.69, 9.17) is 9.72 Å². The number of pyridine rings is 2. The van der Waals surface area contributed by atoms with Gasteiger partial charge in [-0.25, -0.2) is 9.78 Å². The second-order valence-corrected chi connectivity index (χ2v) is 8.83. The first-order valence-electron chi connectivity index (χ1n) is 11.7. The Bertz CT molecular complexity index is 1060. The highest BCUT2D eigenvalue weighted by atomic mass is 16.5. The second kappa shape index (κ2) is 9.25. The van der Waals surface area contributed by atoms with E-state index in [1.807, 2.05) is 11.0 Å². The number of nitrogens with zero attached hydrogens (tertiary/aromatic N) is 4. The number of hydrogen-bond acceptors (Lipinski definition) is 6. The molecule has 9 heteroatoms. The van der Waals surface area contributed by atoms with Crippen LogP contribution in [0.5, 0.6) is 5.75 Å². The third-order valence-electron chi connectivity index (χ3n) is 6.62. The van der Waals surface area contributed by atoms with Crippen LogP contribution in [-0.4, -0.2) is 69.7 Å². The summed E-state index contributed by atoms with van der Waals surface area (Å²) in [5.74, 6) is 0.740. The van der Waals surface area contributed by atoms with Gasteiger partial charge in [-0.1, -0.05) is 6.07 Å². The predicted octanol–water partition coefficient (Wildman–Crippen LogP) is 2.66. The number of aliphatic carboxylic acids is 1. The summed E-state index contributed by atoms with van der Waals surface area (Å²) in [6.45, 7) is 3.25. The first-order valence-corrected chi connectivity index (χ1v) is 11.7. The number of anilines is 1. The quantitative estimate of drug-likeness (QED) is 0.635. The van der Waals surface area contributed by atoms with Crippen molar-refractivity contribution in [1.82, 2.24) is 19.8 Å². The Morgan fingerprint density at radius 2 is 2.18 bits per heavy atom. The number of rotatable bonds is 8. The van der Waals surface area contributed by atoms with Crippen molar-refractivity contribution in [3.05, 3.63) is 46.9 Å². The number of carbonyl (C=O) groups is 2. The molecule has 2 aromatic rings. The molecule has 9 nitrogen and oxygen atoms in total. The highest BCUT2D eigenvalue weighted by molar-refractivity contribution is 5.78. The van der Waals surface area contributed by atoms with Gasteiger partial charge >= 0.3 is 12.0 Å². The third-order valence-corrected chi connectivity index (χ3v) is 6.62. The van der Waals surface area contributed by atoms with Gasteiger partial charge in [-0.15, -0.1) is 0 Å². The van der Waals surface area contributed by atoms with Crippen LogP contribution in [0.2, 0.25) is 0 Å². The minimum absolute atomic E-state index is 0.122. The molecule has 174 valence electrons. The number of aromatic nitrogens is 2. The fraction of sp³-hybridized carbons (Fsp3) is 0.500.